The molecule has 8 heteroatoms. The number of nitrogens with one attached hydrogen (secondary N) is 1. The molecule has 2 rings (SSSR count). The summed E-state index contributed by atoms with van der Waals surface area (Å²) in [6, 6.07) is 4.42. The number of ether oxygens (including phenoxy) is 1. The third kappa shape index (κ3) is 4.40. The first-order valence-corrected chi connectivity index (χ1v) is 8.02. The molecule has 1 aromatic rings. The van der Waals surface area contributed by atoms with Crippen LogP contribution in [0, 0.1) is 5.92 Å². The predicted molar refractivity (Wildman–Crippen MR) is 92.0 cm³/mol. The number of hydrogen-bond acceptors (Lipinski definition) is 4. The zero-order valence-electron chi connectivity index (χ0n) is 14.6. The predicted octanol–water partition coefficient (Wildman–Crippen LogP) is 1.73. The maximum Gasteiger partial charge on any atom is 0.337 e. The molecule has 1 aliphatic heterocycles. The molecular formula is C17H23N3O5. The Labute approximate surface area is 146 Å². The minimum Gasteiger partial charge on any atom is -0.497 e. The number of carbonyl (C=O) groups excluding carboxylic acids is 2. The smallest absolute Gasteiger partial charge is 0.337 e. The minimum absolute atomic E-state index is 0.0204. The molecule has 0 unspecified atom stereocenters. The molecule has 136 valence electrons. The molecule has 1 aromatic carbocycles. The number of amides is 3. The van der Waals surface area contributed by atoms with Gasteiger partial charge in [0.25, 0.3) is 0 Å². The SMILES string of the molecule is COc1ccc(NC(=O)C2CCN(C(=O)N(C)C)CC2)c(C(=O)O)c1. The average Bonchev–Trinajstić information content (AvgIpc) is 2.61. The molecule has 1 heterocycles. The molecule has 0 radical (unpaired) electrons. The molecular weight excluding hydrogens is 326 g/mol. The quantitative estimate of drug-likeness (QED) is 0.862. The summed E-state index contributed by atoms with van der Waals surface area (Å²) in [5, 5.41) is 12.0. The first-order valence-electron chi connectivity index (χ1n) is 8.02. The van der Waals surface area contributed by atoms with Crippen molar-refractivity contribution in [2.24, 2.45) is 5.92 Å². The molecule has 3 amide bonds. The van der Waals surface area contributed by atoms with Crippen LogP contribution in [0.3, 0.4) is 0 Å². The summed E-state index contributed by atoms with van der Waals surface area (Å²) in [4.78, 5) is 39.0. The molecule has 1 aliphatic rings. The highest BCUT2D eigenvalue weighted by atomic mass is 16.5. The molecule has 0 atom stereocenters. The third-order valence-corrected chi connectivity index (χ3v) is 4.23. The number of rotatable bonds is 4. The number of carboxylic acid groups (broad SMARTS) is 1. The fourth-order valence-electron chi connectivity index (χ4n) is 2.79. The van der Waals surface area contributed by atoms with E-state index in [9.17, 15) is 19.5 Å². The van der Waals surface area contributed by atoms with Gasteiger partial charge in [0.05, 0.1) is 18.4 Å². The van der Waals surface area contributed by atoms with Gasteiger partial charge in [-0.15, -0.1) is 0 Å². The highest BCUT2D eigenvalue weighted by Crippen LogP contribution is 2.25. The van der Waals surface area contributed by atoms with Crippen LogP contribution >= 0.6 is 0 Å². The number of likely N-dealkylation sites (tertiary alicyclic amines) is 1. The molecule has 0 aromatic heterocycles. The van der Waals surface area contributed by atoms with Crippen LogP contribution < -0.4 is 10.1 Å². The van der Waals surface area contributed by atoms with Crippen molar-refractivity contribution in [3.8, 4) is 5.75 Å². The molecule has 25 heavy (non-hydrogen) atoms. The Kier molecular flexibility index (Phi) is 5.84. The first kappa shape index (κ1) is 18.6. The molecule has 1 fully saturated rings. The lowest BCUT2D eigenvalue weighted by molar-refractivity contribution is -0.121. The number of benzene rings is 1. The summed E-state index contributed by atoms with van der Waals surface area (Å²) in [7, 11) is 4.83. The number of anilines is 1. The van der Waals surface area contributed by atoms with Crippen LogP contribution in [0.2, 0.25) is 0 Å². The van der Waals surface area contributed by atoms with Crippen LogP contribution in [0.15, 0.2) is 18.2 Å². The molecule has 0 bridgehead atoms. The molecule has 1 saturated heterocycles. The van der Waals surface area contributed by atoms with E-state index in [1.165, 1.54) is 24.1 Å². The number of piperidine rings is 1. The largest absolute Gasteiger partial charge is 0.497 e. The van der Waals surface area contributed by atoms with Gasteiger partial charge >= 0.3 is 12.0 Å². The van der Waals surface area contributed by atoms with E-state index in [-0.39, 0.29) is 29.1 Å². The lowest BCUT2D eigenvalue weighted by Crippen LogP contribution is -2.45. The maximum atomic E-state index is 12.5. The Balaban J connectivity index is 2.02. The summed E-state index contributed by atoms with van der Waals surface area (Å²) in [5.41, 5.74) is 0.220. The van der Waals surface area contributed by atoms with Gasteiger partial charge in [0.15, 0.2) is 0 Å². The van der Waals surface area contributed by atoms with Gasteiger partial charge in [-0.1, -0.05) is 0 Å². The van der Waals surface area contributed by atoms with Crippen molar-refractivity contribution in [3.63, 3.8) is 0 Å². The topological polar surface area (TPSA) is 99.2 Å². The Hall–Kier alpha value is -2.77. The van der Waals surface area contributed by atoms with E-state index < -0.39 is 5.97 Å². The second-order valence-corrected chi connectivity index (χ2v) is 6.14. The van der Waals surface area contributed by atoms with Crippen LogP contribution in [-0.2, 0) is 4.79 Å². The van der Waals surface area contributed by atoms with Crippen molar-refractivity contribution in [3.05, 3.63) is 23.8 Å². The van der Waals surface area contributed by atoms with E-state index in [1.807, 2.05) is 0 Å². The standard InChI is InChI=1S/C17H23N3O5/c1-19(2)17(24)20-8-6-11(7-9-20)15(21)18-14-5-4-12(25-3)10-13(14)16(22)23/h4-5,10-11H,6-9H2,1-3H3,(H,18,21)(H,22,23). The van der Waals surface area contributed by atoms with Crippen molar-refractivity contribution in [2.75, 3.05) is 39.6 Å². The zero-order chi connectivity index (χ0) is 18.6. The van der Waals surface area contributed by atoms with Crippen molar-refractivity contribution in [1.82, 2.24) is 9.80 Å². The van der Waals surface area contributed by atoms with E-state index in [2.05, 4.69) is 5.32 Å². The first-order chi connectivity index (χ1) is 11.8. The highest BCUT2D eigenvalue weighted by Gasteiger charge is 2.28. The number of hydrogen-bond donors (Lipinski definition) is 2. The second kappa shape index (κ2) is 7.87. The van der Waals surface area contributed by atoms with E-state index in [0.29, 0.717) is 31.7 Å². The van der Waals surface area contributed by atoms with E-state index in [0.717, 1.165) is 0 Å². The summed E-state index contributed by atoms with van der Waals surface area (Å²) in [6.45, 7) is 1.01. The molecule has 0 spiro atoms. The minimum atomic E-state index is -1.14. The van der Waals surface area contributed by atoms with E-state index in [1.54, 1.807) is 25.1 Å². The normalized spacial score (nSPS) is 14.8. The van der Waals surface area contributed by atoms with Crippen molar-refractivity contribution in [2.45, 2.75) is 12.8 Å². The van der Waals surface area contributed by atoms with Gasteiger partial charge in [0.1, 0.15) is 5.75 Å². The van der Waals surface area contributed by atoms with Crippen LogP contribution in [0.25, 0.3) is 0 Å². The number of aromatic carboxylic acids is 1. The monoisotopic (exact) mass is 349 g/mol. The summed E-state index contributed by atoms with van der Waals surface area (Å²) >= 11 is 0. The van der Waals surface area contributed by atoms with Crippen LogP contribution in [-0.4, -0.2) is 67.1 Å². The number of methoxy groups -OCH3 is 1. The number of nitrogens with zero attached hydrogens (tertiary/aromatic N) is 2. The number of carboxylic acids is 1. The molecule has 2 N–H and O–H groups in total. The van der Waals surface area contributed by atoms with E-state index in [4.69, 9.17) is 4.74 Å². The zero-order valence-corrected chi connectivity index (χ0v) is 14.6. The summed E-state index contributed by atoms with van der Waals surface area (Å²) < 4.78 is 5.02. The van der Waals surface area contributed by atoms with Crippen molar-refractivity contribution >= 4 is 23.6 Å². The maximum absolute atomic E-state index is 12.5. The van der Waals surface area contributed by atoms with Gasteiger partial charge in [-0.3, -0.25) is 4.79 Å². The lowest BCUT2D eigenvalue weighted by atomic mass is 9.95. The number of urea groups is 1. The molecule has 0 saturated carbocycles. The van der Waals surface area contributed by atoms with Crippen LogP contribution in [0.4, 0.5) is 10.5 Å². The van der Waals surface area contributed by atoms with Crippen LogP contribution in [0.1, 0.15) is 23.2 Å². The van der Waals surface area contributed by atoms with Crippen molar-refractivity contribution < 1.29 is 24.2 Å². The van der Waals surface area contributed by atoms with Crippen LogP contribution in [0.5, 0.6) is 5.75 Å². The van der Waals surface area contributed by atoms with Gasteiger partial charge in [0, 0.05) is 33.1 Å². The molecule has 0 aliphatic carbocycles. The fraction of sp³-hybridized carbons (Fsp3) is 0.471. The highest BCUT2D eigenvalue weighted by molar-refractivity contribution is 6.01. The molecule has 8 nitrogen and oxygen atoms in total. The lowest BCUT2D eigenvalue weighted by Gasteiger charge is -2.33. The van der Waals surface area contributed by atoms with E-state index >= 15 is 0 Å². The number of carbonyl (C=O) groups is 3. The summed E-state index contributed by atoms with van der Waals surface area (Å²) in [6.07, 6.45) is 1.09. The van der Waals surface area contributed by atoms with Gasteiger partial charge in [-0.25, -0.2) is 9.59 Å². The van der Waals surface area contributed by atoms with Gasteiger partial charge in [-0.05, 0) is 31.0 Å². The average molecular weight is 349 g/mol. The van der Waals surface area contributed by atoms with Crippen molar-refractivity contribution in [1.29, 1.82) is 0 Å². The third-order valence-electron chi connectivity index (χ3n) is 4.23. The van der Waals surface area contributed by atoms with Gasteiger partial charge < -0.3 is 25.0 Å². The Morgan fingerprint density at radius 1 is 1.24 bits per heavy atom. The second-order valence-electron chi connectivity index (χ2n) is 6.14. The summed E-state index contributed by atoms with van der Waals surface area (Å²) in [5.74, 6) is -1.22. The Morgan fingerprint density at radius 3 is 2.40 bits per heavy atom. The Morgan fingerprint density at radius 2 is 1.88 bits per heavy atom. The fourth-order valence-corrected chi connectivity index (χ4v) is 2.79. The van der Waals surface area contributed by atoms with Gasteiger partial charge in [-0.2, -0.15) is 0 Å². The van der Waals surface area contributed by atoms with Gasteiger partial charge in [0.2, 0.25) is 5.91 Å². The Bertz CT molecular complexity index is 666.